The van der Waals surface area contributed by atoms with Crippen LogP contribution in [0.3, 0.4) is 0 Å². The van der Waals surface area contributed by atoms with Crippen LogP contribution in [0.1, 0.15) is 26.2 Å². The van der Waals surface area contributed by atoms with Crippen LogP contribution in [-0.2, 0) is 9.47 Å². The van der Waals surface area contributed by atoms with Crippen molar-refractivity contribution >= 4 is 0 Å². The first-order valence-electron chi connectivity index (χ1n) is 7.75. The molecule has 0 spiro atoms. The van der Waals surface area contributed by atoms with E-state index < -0.39 is 0 Å². The molecule has 0 N–H and O–H groups in total. The molecule has 116 valence electrons. The summed E-state index contributed by atoms with van der Waals surface area (Å²) in [6, 6.07) is 7.80. The maximum Gasteiger partial charge on any atom is 1.00 e. The largest absolute Gasteiger partial charge is 1.00 e. The predicted molar refractivity (Wildman–Crippen MR) is 79.1 cm³/mol. The minimum absolute atomic E-state index is 0. The molecule has 4 nitrogen and oxygen atoms in total. The van der Waals surface area contributed by atoms with Gasteiger partial charge in [0.25, 0.3) is 0 Å². The molecular formula is C17H23CsO4. The fourth-order valence-corrected chi connectivity index (χ4v) is 2.63. The molecule has 2 fully saturated rings. The van der Waals surface area contributed by atoms with Gasteiger partial charge in [-0.2, -0.15) is 0 Å². The van der Waals surface area contributed by atoms with E-state index in [0.717, 1.165) is 50.6 Å². The summed E-state index contributed by atoms with van der Waals surface area (Å²) < 4.78 is 22.5. The minimum atomic E-state index is -0.175. The van der Waals surface area contributed by atoms with E-state index in [-0.39, 0.29) is 75.2 Å². The molecule has 1 aromatic carbocycles. The maximum absolute atomic E-state index is 5.89. The fraction of sp³-hybridized carbons (Fsp3) is 0.588. The number of hydrogen-bond acceptors (Lipinski definition) is 4. The standard InChI is InChI=1S/C17H23O4.Cs/c1-13-9-17(20-11-13)21-16-4-2-3-15(10-16)19-12-14-5-7-18-8-6-14;/h2-4,10-11,13-14,17H,5-9,12H2,1H3;/q-1;+1/t13-,17?;/m1./s1. The van der Waals surface area contributed by atoms with Crippen LogP contribution in [0, 0.1) is 18.4 Å². The van der Waals surface area contributed by atoms with E-state index in [4.69, 9.17) is 18.9 Å². The van der Waals surface area contributed by atoms with Crippen molar-refractivity contribution in [3.8, 4) is 11.5 Å². The molecule has 0 radical (unpaired) electrons. The van der Waals surface area contributed by atoms with Crippen LogP contribution in [0.15, 0.2) is 24.3 Å². The first kappa shape index (κ1) is 19.1. The Morgan fingerprint density at radius 2 is 2.00 bits per heavy atom. The van der Waals surface area contributed by atoms with Crippen molar-refractivity contribution in [2.75, 3.05) is 19.8 Å². The second-order valence-electron chi connectivity index (χ2n) is 5.87. The first-order valence-corrected chi connectivity index (χ1v) is 7.75. The Morgan fingerprint density at radius 3 is 2.73 bits per heavy atom. The number of ether oxygens (including phenoxy) is 4. The number of hydrogen-bond donors (Lipinski definition) is 0. The van der Waals surface area contributed by atoms with E-state index in [1.54, 1.807) is 0 Å². The molecule has 1 unspecified atom stereocenters. The molecule has 0 bridgehead atoms. The molecule has 22 heavy (non-hydrogen) atoms. The van der Waals surface area contributed by atoms with E-state index in [1.165, 1.54) is 0 Å². The van der Waals surface area contributed by atoms with Gasteiger partial charge in [-0.1, -0.05) is 13.0 Å². The van der Waals surface area contributed by atoms with Crippen LogP contribution < -0.4 is 78.4 Å². The zero-order chi connectivity index (χ0) is 14.5. The van der Waals surface area contributed by atoms with Crippen molar-refractivity contribution in [3.63, 3.8) is 0 Å². The summed E-state index contributed by atoms with van der Waals surface area (Å²) in [5.74, 6) is 2.70. The average Bonchev–Trinajstić information content (AvgIpc) is 2.92. The normalized spacial score (nSPS) is 25.5. The van der Waals surface area contributed by atoms with Crippen LogP contribution in [-0.4, -0.2) is 26.1 Å². The Morgan fingerprint density at radius 1 is 1.23 bits per heavy atom. The van der Waals surface area contributed by atoms with Crippen LogP contribution in [0.2, 0.25) is 0 Å². The van der Waals surface area contributed by atoms with Gasteiger partial charge in [-0.3, -0.25) is 0 Å². The van der Waals surface area contributed by atoms with Gasteiger partial charge in [0, 0.05) is 19.3 Å². The van der Waals surface area contributed by atoms with E-state index in [0.29, 0.717) is 11.8 Å². The molecule has 0 aromatic heterocycles. The van der Waals surface area contributed by atoms with Crippen molar-refractivity contribution in [1.29, 1.82) is 0 Å². The number of rotatable bonds is 5. The molecule has 2 atom stereocenters. The van der Waals surface area contributed by atoms with Crippen LogP contribution in [0.5, 0.6) is 11.5 Å². The SMILES string of the molecule is C[C@H]1[CH-]OC(Oc2cccc(OCC3CCOCC3)c2)C1.[Cs+]. The van der Waals surface area contributed by atoms with Gasteiger partial charge in [-0.15, -0.1) is 5.92 Å². The van der Waals surface area contributed by atoms with Crippen LogP contribution >= 0.6 is 0 Å². The van der Waals surface area contributed by atoms with Gasteiger partial charge in [0.1, 0.15) is 11.5 Å². The minimum Gasteiger partial charge on any atom is -0.520 e. The molecule has 1 aromatic rings. The topological polar surface area (TPSA) is 36.9 Å². The average molecular weight is 424 g/mol. The second kappa shape index (κ2) is 9.94. The quantitative estimate of drug-likeness (QED) is 0.643. The summed E-state index contributed by atoms with van der Waals surface area (Å²) in [7, 11) is 0. The van der Waals surface area contributed by atoms with Gasteiger partial charge in [0.15, 0.2) is 6.29 Å². The third-order valence-corrected chi connectivity index (χ3v) is 3.93. The third-order valence-electron chi connectivity index (χ3n) is 3.93. The van der Waals surface area contributed by atoms with Crippen molar-refractivity contribution < 1.29 is 87.8 Å². The Labute approximate surface area is 191 Å². The Bertz CT molecular complexity index is 448. The molecule has 2 saturated heterocycles. The van der Waals surface area contributed by atoms with E-state index in [2.05, 4.69) is 6.92 Å². The van der Waals surface area contributed by atoms with Gasteiger partial charge < -0.3 is 18.9 Å². The molecule has 2 aliphatic rings. The Kier molecular flexibility index (Phi) is 8.64. The number of benzene rings is 1. The fourth-order valence-electron chi connectivity index (χ4n) is 2.63. The molecule has 2 aliphatic heterocycles. The zero-order valence-electron chi connectivity index (χ0n) is 13.5. The molecule has 0 amide bonds. The molecule has 0 saturated carbocycles. The van der Waals surface area contributed by atoms with E-state index in [1.807, 2.05) is 30.9 Å². The molecule has 2 heterocycles. The van der Waals surface area contributed by atoms with Gasteiger partial charge in [0.05, 0.1) is 6.61 Å². The Hall–Kier alpha value is 0.792. The summed E-state index contributed by atoms with van der Waals surface area (Å²) in [5, 5.41) is 0. The van der Waals surface area contributed by atoms with E-state index in [9.17, 15) is 0 Å². The maximum atomic E-state index is 5.89. The predicted octanol–water partition coefficient (Wildman–Crippen LogP) is 0.419. The van der Waals surface area contributed by atoms with E-state index >= 15 is 0 Å². The van der Waals surface area contributed by atoms with Crippen LogP contribution in [0.25, 0.3) is 0 Å². The molecule has 5 heteroatoms. The van der Waals surface area contributed by atoms with Crippen molar-refractivity contribution in [2.45, 2.75) is 32.5 Å². The molecule has 0 aliphatic carbocycles. The third kappa shape index (κ3) is 6.02. The van der Waals surface area contributed by atoms with Crippen LogP contribution in [0.4, 0.5) is 0 Å². The van der Waals surface area contributed by atoms with Gasteiger partial charge in [0.2, 0.25) is 0 Å². The van der Waals surface area contributed by atoms with Crippen molar-refractivity contribution in [1.82, 2.24) is 0 Å². The molecular weight excluding hydrogens is 401 g/mol. The van der Waals surface area contributed by atoms with Crippen molar-refractivity contribution in [2.24, 2.45) is 11.8 Å². The summed E-state index contributed by atoms with van der Waals surface area (Å²) in [5.41, 5.74) is 0. The van der Waals surface area contributed by atoms with Gasteiger partial charge in [-0.05, 0) is 37.3 Å². The monoisotopic (exact) mass is 424 g/mol. The summed E-state index contributed by atoms with van der Waals surface area (Å²) >= 11 is 0. The first-order chi connectivity index (χ1) is 10.3. The second-order valence-corrected chi connectivity index (χ2v) is 5.87. The summed E-state index contributed by atoms with van der Waals surface area (Å²) in [6.45, 7) is 6.42. The van der Waals surface area contributed by atoms with Crippen molar-refractivity contribution in [3.05, 3.63) is 30.9 Å². The smallest absolute Gasteiger partial charge is 0.520 e. The van der Waals surface area contributed by atoms with Gasteiger partial charge in [-0.25, -0.2) is 6.61 Å². The summed E-state index contributed by atoms with van der Waals surface area (Å²) in [6.07, 6.45) is 2.89. The Balaban J connectivity index is 0.00000176. The van der Waals surface area contributed by atoms with Gasteiger partial charge >= 0.3 is 68.9 Å². The summed E-state index contributed by atoms with van der Waals surface area (Å²) in [4.78, 5) is 0. The molecule has 3 rings (SSSR count). The zero-order valence-corrected chi connectivity index (χ0v) is 19.8.